The number of para-hydroxylation sites is 1. The Hall–Kier alpha value is -5.13. The van der Waals surface area contributed by atoms with Gasteiger partial charge in [0, 0.05) is 12.6 Å². The summed E-state index contributed by atoms with van der Waals surface area (Å²) >= 11 is 0. The Morgan fingerprint density at radius 1 is 1.08 bits per heavy atom. The van der Waals surface area contributed by atoms with Crippen LogP contribution in [0.3, 0.4) is 0 Å². The molecule has 5 rings (SSSR count). The number of fused-ring (bicyclic) bond motifs is 2. The van der Waals surface area contributed by atoms with Crippen LogP contribution in [0.4, 0.5) is 5.95 Å². The lowest BCUT2D eigenvalue weighted by Crippen LogP contribution is -2.30. The van der Waals surface area contributed by atoms with Crippen molar-refractivity contribution in [3.63, 3.8) is 0 Å². The van der Waals surface area contributed by atoms with E-state index in [-0.39, 0.29) is 36.0 Å². The van der Waals surface area contributed by atoms with Crippen molar-refractivity contribution in [1.29, 1.82) is 0 Å². The number of nitrogen functional groups attached to an aromatic ring is 1. The number of hydrogen-bond donors (Lipinski definition) is 3. The highest BCUT2D eigenvalue weighted by molar-refractivity contribution is 5.96. The summed E-state index contributed by atoms with van der Waals surface area (Å²) in [5.41, 5.74) is 8.01. The number of nitrogens with two attached hydrogens (primary N) is 1. The number of carbonyl (C=O) groups excluding carboxylic acids is 1. The van der Waals surface area contributed by atoms with Crippen LogP contribution in [0.15, 0.2) is 48.5 Å². The number of carbonyl (C=O) groups is 2. The van der Waals surface area contributed by atoms with Crippen LogP contribution in [0.25, 0.3) is 11.0 Å². The molecule has 0 saturated carbocycles. The summed E-state index contributed by atoms with van der Waals surface area (Å²) in [5.74, 6) is 0.814. The molecule has 1 amide bonds. The number of amides is 1. The largest absolute Gasteiger partial charge is 0.493 e. The zero-order chi connectivity index (χ0) is 27.7. The van der Waals surface area contributed by atoms with Gasteiger partial charge in [-0.15, -0.1) is 0 Å². The zero-order valence-corrected chi connectivity index (χ0v) is 21.4. The van der Waals surface area contributed by atoms with Gasteiger partial charge in [0.15, 0.2) is 28.7 Å². The summed E-state index contributed by atoms with van der Waals surface area (Å²) in [6, 6.07) is 12.5. The third-order valence-corrected chi connectivity index (χ3v) is 6.33. The maximum atomic E-state index is 13.3. The molecule has 3 aromatic carbocycles. The molecule has 39 heavy (non-hydrogen) atoms. The molecule has 0 saturated heterocycles. The van der Waals surface area contributed by atoms with Crippen molar-refractivity contribution >= 4 is 28.9 Å². The predicted molar refractivity (Wildman–Crippen MR) is 140 cm³/mol. The lowest BCUT2D eigenvalue weighted by Gasteiger charge is -2.20. The highest BCUT2D eigenvalue weighted by Gasteiger charge is 2.25. The Labute approximate surface area is 222 Å². The van der Waals surface area contributed by atoms with Crippen LogP contribution >= 0.6 is 0 Å². The number of benzene rings is 3. The first kappa shape index (κ1) is 25.5. The monoisotopic (exact) mass is 534 g/mol. The van der Waals surface area contributed by atoms with Gasteiger partial charge in [0.1, 0.15) is 5.52 Å². The molecule has 1 aliphatic heterocycles. The Kier molecular flexibility index (Phi) is 6.75. The Morgan fingerprint density at radius 3 is 2.49 bits per heavy atom. The molecule has 2 heterocycles. The molecule has 1 aliphatic rings. The highest BCUT2D eigenvalue weighted by Crippen LogP contribution is 2.43. The lowest BCUT2D eigenvalue weighted by molar-refractivity contribution is -0.137. The van der Waals surface area contributed by atoms with Crippen molar-refractivity contribution in [2.45, 2.75) is 12.5 Å². The second-order valence-corrected chi connectivity index (χ2v) is 8.70. The summed E-state index contributed by atoms with van der Waals surface area (Å²) in [5, 5.41) is 12.3. The van der Waals surface area contributed by atoms with E-state index in [1.165, 1.54) is 26.4 Å². The third-order valence-electron chi connectivity index (χ3n) is 6.33. The van der Waals surface area contributed by atoms with Crippen LogP contribution in [0.1, 0.15) is 28.4 Å². The van der Waals surface area contributed by atoms with E-state index >= 15 is 0 Å². The van der Waals surface area contributed by atoms with Gasteiger partial charge in [-0.2, -0.15) is 0 Å². The van der Waals surface area contributed by atoms with Crippen molar-refractivity contribution in [1.82, 2.24) is 14.9 Å². The van der Waals surface area contributed by atoms with Gasteiger partial charge in [-0.3, -0.25) is 9.59 Å². The summed E-state index contributed by atoms with van der Waals surface area (Å²) in [7, 11) is 4.66. The minimum Gasteiger partial charge on any atom is -0.493 e. The number of aromatic nitrogens is 2. The first-order chi connectivity index (χ1) is 18.8. The molecule has 1 aromatic heterocycles. The van der Waals surface area contributed by atoms with E-state index in [1.54, 1.807) is 41.9 Å². The molecule has 1 atom stereocenters. The summed E-state index contributed by atoms with van der Waals surface area (Å²) in [4.78, 5) is 29.3. The van der Waals surface area contributed by atoms with E-state index in [1.807, 2.05) is 6.07 Å². The van der Waals surface area contributed by atoms with Gasteiger partial charge in [0.25, 0.3) is 5.91 Å². The maximum Gasteiger partial charge on any atom is 0.305 e. The van der Waals surface area contributed by atoms with E-state index in [4.69, 9.17) is 29.4 Å². The molecule has 12 heteroatoms. The second-order valence-electron chi connectivity index (χ2n) is 8.70. The van der Waals surface area contributed by atoms with Crippen molar-refractivity contribution in [2.75, 3.05) is 26.7 Å². The normalized spacial score (nSPS) is 12.7. The summed E-state index contributed by atoms with van der Waals surface area (Å²) in [6.07, 6.45) is -0.349. The number of nitrogens with zero attached hydrogens (tertiary/aromatic N) is 2. The molecule has 0 fully saturated rings. The van der Waals surface area contributed by atoms with E-state index in [0.717, 1.165) is 5.52 Å². The fourth-order valence-electron chi connectivity index (χ4n) is 4.31. The van der Waals surface area contributed by atoms with Gasteiger partial charge in [-0.05, 0) is 42.0 Å². The molecule has 4 aromatic rings. The van der Waals surface area contributed by atoms with Gasteiger partial charge in [0.2, 0.25) is 18.5 Å². The van der Waals surface area contributed by atoms with Crippen LogP contribution in [0.5, 0.6) is 34.5 Å². The molecule has 0 radical (unpaired) electrons. The first-order valence-electron chi connectivity index (χ1n) is 11.9. The minimum atomic E-state index is -1.08. The third kappa shape index (κ3) is 4.91. The van der Waals surface area contributed by atoms with Crippen LogP contribution in [0, 0.1) is 0 Å². The number of rotatable bonds is 9. The molecule has 12 nitrogen and oxygen atoms in total. The smallest absolute Gasteiger partial charge is 0.305 e. The van der Waals surface area contributed by atoms with Crippen LogP contribution < -0.4 is 34.7 Å². The van der Waals surface area contributed by atoms with Gasteiger partial charge in [0.05, 0.1) is 32.2 Å². The number of methoxy groups -OCH3 is 2. The van der Waals surface area contributed by atoms with Crippen LogP contribution in [-0.2, 0) is 11.8 Å². The maximum absolute atomic E-state index is 13.3. The predicted octanol–water partition coefficient (Wildman–Crippen LogP) is 3.64. The average Bonchev–Trinajstić information content (AvgIpc) is 3.52. The highest BCUT2D eigenvalue weighted by atomic mass is 16.7. The number of nitrogens with one attached hydrogen (secondary N) is 1. The van der Waals surface area contributed by atoms with E-state index in [2.05, 4.69) is 10.3 Å². The van der Waals surface area contributed by atoms with Gasteiger partial charge < -0.3 is 44.4 Å². The fraction of sp³-hybridized carbons (Fsp3) is 0.222. The quantitative estimate of drug-likeness (QED) is 0.290. The summed E-state index contributed by atoms with van der Waals surface area (Å²) in [6.45, 7) is 0.0744. The number of hydrogen-bond acceptors (Lipinski definition) is 9. The molecular formula is C27H26N4O8. The molecule has 202 valence electrons. The van der Waals surface area contributed by atoms with Crippen molar-refractivity contribution in [3.05, 3.63) is 59.7 Å². The molecule has 0 bridgehead atoms. The van der Waals surface area contributed by atoms with E-state index in [0.29, 0.717) is 34.3 Å². The van der Waals surface area contributed by atoms with Crippen molar-refractivity contribution < 1.29 is 38.4 Å². The van der Waals surface area contributed by atoms with Gasteiger partial charge >= 0.3 is 5.97 Å². The number of aliphatic carboxylic acids is 1. The lowest BCUT2D eigenvalue weighted by atomic mass is 10.0. The molecule has 0 aliphatic carbocycles. The van der Waals surface area contributed by atoms with Crippen LogP contribution in [0.2, 0.25) is 0 Å². The molecule has 0 spiro atoms. The number of carboxylic acid groups (broad SMARTS) is 1. The zero-order valence-electron chi connectivity index (χ0n) is 21.4. The molecule has 4 N–H and O–H groups in total. The molecule has 0 unspecified atom stereocenters. The average molecular weight is 535 g/mol. The van der Waals surface area contributed by atoms with E-state index in [9.17, 15) is 14.7 Å². The second kappa shape index (κ2) is 10.3. The Morgan fingerprint density at radius 2 is 1.79 bits per heavy atom. The number of aryl methyl sites for hydroxylation is 1. The number of ether oxygens (including phenoxy) is 5. The van der Waals surface area contributed by atoms with Crippen molar-refractivity contribution in [2.24, 2.45) is 7.05 Å². The van der Waals surface area contributed by atoms with Gasteiger partial charge in [-0.1, -0.05) is 12.1 Å². The number of anilines is 1. The minimum absolute atomic E-state index is 0.0744. The summed E-state index contributed by atoms with van der Waals surface area (Å²) < 4.78 is 29.7. The molecular weight excluding hydrogens is 508 g/mol. The SMILES string of the molecule is COc1cc(C(=O)N[C@@H](CC(=O)O)c2ccc3c(c2)OCO3)cc(OC)c1Oc1cccc2c1nc(N)n2C. The van der Waals surface area contributed by atoms with Crippen LogP contribution in [-0.4, -0.2) is 47.5 Å². The van der Waals surface area contributed by atoms with E-state index < -0.39 is 17.9 Å². The number of carboxylic acids is 1. The first-order valence-corrected chi connectivity index (χ1v) is 11.9. The topological polar surface area (TPSA) is 156 Å². The van der Waals surface area contributed by atoms with Gasteiger partial charge in [-0.25, -0.2) is 4.98 Å². The van der Waals surface area contributed by atoms with Crippen molar-refractivity contribution in [3.8, 4) is 34.5 Å². The number of imidazole rings is 1. The Bertz CT molecular complexity index is 1560. The fourth-order valence-corrected chi connectivity index (χ4v) is 4.31. The standard InChI is InChI=1S/C27H26N4O8/c1-31-17-5-4-6-19(24(17)30-27(31)28)39-25-21(35-2)10-15(11-22(25)36-3)26(34)29-16(12-23(32)33)14-7-8-18-20(9-14)38-13-37-18/h4-11,16H,12-13H2,1-3H3,(H2,28,30)(H,29,34)(H,32,33)/t16-/m0/s1. The Balaban J connectivity index is 1.46.